The minimum atomic E-state index is 0.293. The van der Waals surface area contributed by atoms with Crippen molar-refractivity contribution in [2.45, 2.75) is 115 Å². The number of rotatable bonds is 0. The van der Waals surface area contributed by atoms with Gasteiger partial charge in [0.1, 0.15) is 0 Å². The summed E-state index contributed by atoms with van der Waals surface area (Å²) < 4.78 is 4.58. The third-order valence-electron chi connectivity index (χ3n) is 4.43. The molecule has 4 rings (SSSR count). The zero-order valence-corrected chi connectivity index (χ0v) is 27.4. The molecule has 0 aliphatic heterocycles. The Morgan fingerprint density at radius 1 is 0.553 bits per heavy atom. The second kappa shape index (κ2) is 18.8. The lowest BCUT2D eigenvalue weighted by Crippen LogP contribution is -2.10. The molecule has 2 aromatic heterocycles. The average molecular weight is 524 g/mol. The topological polar surface area (TPSA) is 26.0 Å². The van der Waals surface area contributed by atoms with Crippen LogP contribution in [0.15, 0.2) is 90.0 Å². The van der Waals surface area contributed by atoms with Crippen LogP contribution in [0.2, 0.25) is 0 Å². The van der Waals surface area contributed by atoms with Gasteiger partial charge in [0.25, 0.3) is 0 Å². The van der Waals surface area contributed by atoms with Crippen molar-refractivity contribution in [1.29, 1.82) is 0 Å². The van der Waals surface area contributed by atoms with Gasteiger partial charge in [-0.3, -0.25) is 4.98 Å². The van der Waals surface area contributed by atoms with Gasteiger partial charge in [0, 0.05) is 12.4 Å². The summed E-state index contributed by atoms with van der Waals surface area (Å²) in [4.78, 5) is 3.78. The van der Waals surface area contributed by atoms with Crippen LogP contribution in [0.25, 0.3) is 0 Å². The van der Waals surface area contributed by atoms with Crippen molar-refractivity contribution in [2.24, 2.45) is 22.2 Å². The Hall–Kier alpha value is -2.35. The molecule has 0 N–H and O–H groups in total. The highest BCUT2D eigenvalue weighted by atomic mass is 16.3. The minimum absolute atomic E-state index is 0.293. The molecule has 0 spiro atoms. The summed E-state index contributed by atoms with van der Waals surface area (Å²) in [6, 6.07) is 19.9. The molecule has 3 aromatic rings. The van der Waals surface area contributed by atoms with E-state index < -0.39 is 0 Å². The molecule has 0 saturated heterocycles. The van der Waals surface area contributed by atoms with Gasteiger partial charge in [-0.25, -0.2) is 0 Å². The maximum absolute atomic E-state index is 4.58. The molecule has 0 radical (unpaired) electrons. The van der Waals surface area contributed by atoms with Crippen molar-refractivity contribution in [2.75, 3.05) is 0 Å². The van der Waals surface area contributed by atoms with Gasteiger partial charge in [0.05, 0.1) is 12.5 Å². The molecule has 0 bridgehead atoms. The van der Waals surface area contributed by atoms with Gasteiger partial charge in [0.2, 0.25) is 0 Å². The second-order valence-corrected chi connectivity index (χ2v) is 15.1. The molecule has 1 aromatic carbocycles. The predicted octanol–water partition coefficient (Wildman–Crippen LogP) is 11.9. The van der Waals surface area contributed by atoms with Crippen molar-refractivity contribution >= 4 is 0 Å². The van der Waals surface area contributed by atoms with Crippen molar-refractivity contribution in [3.05, 3.63) is 91.1 Å². The third kappa shape index (κ3) is 35.8. The zero-order chi connectivity index (χ0) is 29.9. The molecule has 216 valence electrons. The molecule has 1 fully saturated rings. The first-order chi connectivity index (χ1) is 17.2. The highest BCUT2D eigenvalue weighted by Gasteiger charge is 2.33. The maximum atomic E-state index is 4.58. The Labute approximate surface area is 237 Å². The van der Waals surface area contributed by atoms with Crippen LogP contribution < -0.4 is 0 Å². The number of pyridine rings is 1. The van der Waals surface area contributed by atoms with E-state index in [1.165, 1.54) is 18.4 Å². The molecule has 2 nitrogen and oxygen atoms in total. The number of hydrogen-bond acceptors (Lipinski definition) is 2. The number of furan rings is 1. The lowest BCUT2D eigenvalue weighted by Gasteiger charge is -2.18. The minimum Gasteiger partial charge on any atom is -0.473 e. The van der Waals surface area contributed by atoms with Crippen molar-refractivity contribution < 1.29 is 4.42 Å². The Kier molecular flexibility index (Phi) is 18.7. The normalized spacial score (nSPS) is 12.7. The van der Waals surface area contributed by atoms with Gasteiger partial charge >= 0.3 is 0 Å². The summed E-state index contributed by atoms with van der Waals surface area (Å²) in [7, 11) is 0. The van der Waals surface area contributed by atoms with Crippen LogP contribution in [0.5, 0.6) is 0 Å². The van der Waals surface area contributed by atoms with Crippen molar-refractivity contribution in [3.63, 3.8) is 0 Å². The SMILES string of the molecule is CC(C)(C)C.CC(C)(C)C.CC(C)(C)C1CC1.CC(C)(C)c1ccccc1.c1ccncc1.c1ccoc1. The van der Waals surface area contributed by atoms with E-state index in [9.17, 15) is 0 Å². The van der Waals surface area contributed by atoms with E-state index in [4.69, 9.17) is 0 Å². The Morgan fingerprint density at radius 2 is 0.921 bits per heavy atom. The van der Waals surface area contributed by atoms with Crippen LogP contribution in [0.4, 0.5) is 0 Å². The Balaban J connectivity index is 0. The number of benzene rings is 1. The maximum Gasteiger partial charge on any atom is 0.0902 e. The van der Waals surface area contributed by atoms with Crippen LogP contribution in [0, 0.1) is 22.2 Å². The van der Waals surface area contributed by atoms with Crippen molar-refractivity contribution in [1.82, 2.24) is 4.98 Å². The first-order valence-corrected chi connectivity index (χ1v) is 14.1. The highest BCUT2D eigenvalue weighted by Crippen LogP contribution is 2.44. The quantitative estimate of drug-likeness (QED) is 0.293. The predicted molar refractivity (Wildman–Crippen MR) is 171 cm³/mol. The number of aromatic nitrogens is 1. The van der Waals surface area contributed by atoms with Gasteiger partial charge in [-0.15, -0.1) is 0 Å². The number of nitrogens with zero attached hydrogens (tertiary/aromatic N) is 1. The fourth-order valence-electron chi connectivity index (χ4n) is 2.43. The zero-order valence-electron chi connectivity index (χ0n) is 27.4. The molecule has 1 aliphatic rings. The summed E-state index contributed by atoms with van der Waals surface area (Å²) in [6.45, 7) is 31.1. The van der Waals surface area contributed by atoms with Gasteiger partial charge < -0.3 is 4.42 Å². The van der Waals surface area contributed by atoms with E-state index >= 15 is 0 Å². The third-order valence-corrected chi connectivity index (χ3v) is 4.43. The Morgan fingerprint density at radius 3 is 1.05 bits per heavy atom. The molecule has 0 unspecified atom stereocenters. The summed E-state index contributed by atoms with van der Waals surface area (Å²) >= 11 is 0. The standard InChI is InChI=1S/C10H14.C7H14.C5H5N.2C5H12.C4H4O/c1-10(2,3)9-7-5-4-6-8-9;1-7(2,3)6-4-5-6;1-2-4-6-5-3-1;2*1-5(2,3)4;1-2-4-5-3-1/h4-8H,1-3H3;6H,4-5H2,1-3H3;1-5H;2*1-4H3;1-4H. The van der Waals surface area contributed by atoms with Crippen LogP contribution in [0.1, 0.15) is 115 Å². The van der Waals surface area contributed by atoms with E-state index in [-0.39, 0.29) is 0 Å². The smallest absolute Gasteiger partial charge is 0.0902 e. The monoisotopic (exact) mass is 523 g/mol. The molecule has 2 heterocycles. The van der Waals surface area contributed by atoms with E-state index in [1.54, 1.807) is 24.9 Å². The van der Waals surface area contributed by atoms with E-state index in [2.05, 4.69) is 137 Å². The van der Waals surface area contributed by atoms with E-state index in [1.807, 2.05) is 30.3 Å². The summed E-state index contributed by atoms with van der Waals surface area (Å²) in [5.74, 6) is 1.05. The number of hydrogen-bond donors (Lipinski definition) is 0. The molecular formula is C36H61NO. The van der Waals surface area contributed by atoms with Crippen LogP contribution >= 0.6 is 0 Å². The van der Waals surface area contributed by atoms with Crippen LogP contribution in [-0.4, -0.2) is 4.98 Å². The highest BCUT2D eigenvalue weighted by molar-refractivity contribution is 5.22. The van der Waals surface area contributed by atoms with Crippen LogP contribution in [0.3, 0.4) is 0 Å². The molecule has 1 aliphatic carbocycles. The first-order valence-electron chi connectivity index (χ1n) is 14.1. The summed E-state index contributed by atoms with van der Waals surface area (Å²) in [6.07, 6.45) is 9.70. The summed E-state index contributed by atoms with van der Waals surface area (Å²) in [5, 5.41) is 0. The lowest BCUT2D eigenvalue weighted by atomic mass is 9.87. The molecule has 1 saturated carbocycles. The van der Waals surface area contributed by atoms with Gasteiger partial charge in [-0.1, -0.05) is 133 Å². The van der Waals surface area contributed by atoms with Crippen LogP contribution in [-0.2, 0) is 5.41 Å². The largest absolute Gasteiger partial charge is 0.473 e. The van der Waals surface area contributed by atoms with Crippen molar-refractivity contribution in [3.8, 4) is 0 Å². The first kappa shape index (κ1) is 37.8. The second-order valence-electron chi connectivity index (χ2n) is 15.1. The molecule has 2 heteroatoms. The average Bonchev–Trinajstić information content (AvgIpc) is 3.47. The molecule has 0 amide bonds. The van der Waals surface area contributed by atoms with Gasteiger partial charge in [0.15, 0.2) is 0 Å². The summed E-state index contributed by atoms with van der Waals surface area (Å²) in [5.41, 5.74) is 3.30. The molecule has 38 heavy (non-hydrogen) atoms. The van der Waals surface area contributed by atoms with Gasteiger partial charge in [-0.2, -0.15) is 0 Å². The van der Waals surface area contributed by atoms with Gasteiger partial charge in [-0.05, 0) is 70.2 Å². The fourth-order valence-corrected chi connectivity index (χ4v) is 2.43. The Bertz CT molecular complexity index is 784. The lowest BCUT2D eigenvalue weighted by molar-refractivity contribution is 0.351. The fraction of sp³-hybridized carbons (Fsp3) is 0.583. The molecular weight excluding hydrogens is 462 g/mol. The van der Waals surface area contributed by atoms with E-state index in [0.717, 1.165) is 5.92 Å². The van der Waals surface area contributed by atoms with E-state index in [0.29, 0.717) is 21.7 Å². The molecule has 0 atom stereocenters.